The normalized spacial score (nSPS) is 18.5. The quantitative estimate of drug-likeness (QED) is 0.878. The Morgan fingerprint density at radius 2 is 2.14 bits per heavy atom. The summed E-state index contributed by atoms with van der Waals surface area (Å²) in [7, 11) is 0. The fourth-order valence-electron chi connectivity index (χ4n) is 2.54. The third-order valence-corrected chi connectivity index (χ3v) is 4.42. The largest absolute Gasteiger partial charge is 0.444 e. The van der Waals surface area contributed by atoms with E-state index >= 15 is 0 Å². The first-order chi connectivity index (χ1) is 10.3. The summed E-state index contributed by atoms with van der Waals surface area (Å²) in [6.07, 6.45) is 0.836. The van der Waals surface area contributed by atoms with Crippen molar-refractivity contribution in [2.24, 2.45) is 5.92 Å². The second-order valence-electron chi connectivity index (χ2n) is 6.80. The molecule has 1 atom stereocenters. The molecular weight excluding hydrogens is 344 g/mol. The molecule has 0 spiro atoms. The van der Waals surface area contributed by atoms with Gasteiger partial charge in [0, 0.05) is 30.7 Å². The predicted molar refractivity (Wildman–Crippen MR) is 91.8 cm³/mol. The van der Waals surface area contributed by atoms with E-state index in [1.54, 1.807) is 0 Å². The number of hydrogen-bond donors (Lipinski definition) is 1. The van der Waals surface area contributed by atoms with Gasteiger partial charge in [-0.2, -0.15) is 0 Å². The molecule has 1 amide bonds. The summed E-state index contributed by atoms with van der Waals surface area (Å²) in [5.41, 5.74) is 0.831. The molecule has 1 heterocycles. The Kier molecular flexibility index (Phi) is 5.87. The summed E-state index contributed by atoms with van der Waals surface area (Å²) in [5.74, 6) is 0.495. The molecule has 1 fully saturated rings. The molecule has 1 unspecified atom stereocenters. The molecule has 0 aromatic heterocycles. The van der Waals surface area contributed by atoms with E-state index in [0.29, 0.717) is 5.92 Å². The molecule has 4 nitrogen and oxygen atoms in total. The van der Waals surface area contributed by atoms with Crippen molar-refractivity contribution < 1.29 is 9.53 Å². The van der Waals surface area contributed by atoms with Crippen LogP contribution in [0.15, 0.2) is 28.7 Å². The van der Waals surface area contributed by atoms with Crippen LogP contribution in [0.2, 0.25) is 0 Å². The molecule has 22 heavy (non-hydrogen) atoms. The number of carbonyl (C=O) groups is 1. The first kappa shape index (κ1) is 17.3. The standard InChI is InChI=1S/C17H25BrN2O2/c1-17(2,3)22-16(21)20-9-8-13(12-20)10-19-11-14-6-4-5-7-15(14)18/h4-7,13,19H,8-12H2,1-3H3. The number of likely N-dealkylation sites (tertiary alicyclic amines) is 1. The van der Waals surface area contributed by atoms with E-state index in [-0.39, 0.29) is 6.09 Å². The van der Waals surface area contributed by atoms with Gasteiger partial charge < -0.3 is 15.0 Å². The maximum absolute atomic E-state index is 12.0. The Morgan fingerprint density at radius 3 is 2.82 bits per heavy atom. The molecular formula is C17H25BrN2O2. The van der Waals surface area contributed by atoms with Crippen molar-refractivity contribution in [3.8, 4) is 0 Å². The lowest BCUT2D eigenvalue weighted by Crippen LogP contribution is -2.36. The maximum Gasteiger partial charge on any atom is 0.410 e. The van der Waals surface area contributed by atoms with E-state index < -0.39 is 5.60 Å². The summed E-state index contributed by atoms with van der Waals surface area (Å²) in [6, 6.07) is 8.22. The van der Waals surface area contributed by atoms with Gasteiger partial charge in [0.15, 0.2) is 0 Å². The summed E-state index contributed by atoms with van der Waals surface area (Å²) in [4.78, 5) is 13.8. The first-order valence-electron chi connectivity index (χ1n) is 7.77. The van der Waals surface area contributed by atoms with Crippen LogP contribution in [0.5, 0.6) is 0 Å². The number of halogens is 1. The van der Waals surface area contributed by atoms with E-state index in [4.69, 9.17) is 4.74 Å². The number of ether oxygens (including phenoxy) is 1. The second kappa shape index (κ2) is 7.47. The van der Waals surface area contributed by atoms with Crippen molar-refractivity contribution in [2.75, 3.05) is 19.6 Å². The van der Waals surface area contributed by atoms with E-state index in [9.17, 15) is 4.79 Å². The second-order valence-corrected chi connectivity index (χ2v) is 7.66. The monoisotopic (exact) mass is 368 g/mol. The average Bonchev–Trinajstić information content (AvgIpc) is 2.88. The van der Waals surface area contributed by atoms with Crippen LogP contribution in [-0.4, -0.2) is 36.2 Å². The molecule has 1 aliphatic rings. The molecule has 122 valence electrons. The Morgan fingerprint density at radius 1 is 1.41 bits per heavy atom. The SMILES string of the molecule is CC(C)(C)OC(=O)N1CCC(CNCc2ccccc2Br)C1. The number of benzene rings is 1. The van der Waals surface area contributed by atoms with Crippen LogP contribution in [0.25, 0.3) is 0 Å². The average molecular weight is 369 g/mol. The number of carbonyl (C=O) groups excluding carboxylic acids is 1. The third kappa shape index (κ3) is 5.29. The Balaban J connectivity index is 1.73. The van der Waals surface area contributed by atoms with Crippen LogP contribution in [0, 0.1) is 5.92 Å². The zero-order valence-electron chi connectivity index (χ0n) is 13.6. The molecule has 0 aliphatic carbocycles. The van der Waals surface area contributed by atoms with Crippen molar-refractivity contribution >= 4 is 22.0 Å². The highest BCUT2D eigenvalue weighted by Gasteiger charge is 2.29. The number of rotatable bonds is 4. The highest BCUT2D eigenvalue weighted by molar-refractivity contribution is 9.10. The summed E-state index contributed by atoms with van der Waals surface area (Å²) in [5, 5.41) is 3.48. The van der Waals surface area contributed by atoms with Gasteiger partial charge in [0.05, 0.1) is 0 Å². The van der Waals surface area contributed by atoms with Gasteiger partial charge in [0.25, 0.3) is 0 Å². The number of amides is 1. The fourth-order valence-corrected chi connectivity index (χ4v) is 2.97. The van der Waals surface area contributed by atoms with Crippen LogP contribution in [0.1, 0.15) is 32.8 Å². The molecule has 1 aromatic carbocycles. The van der Waals surface area contributed by atoms with E-state index in [2.05, 4.69) is 33.4 Å². The molecule has 1 aromatic rings. The Labute approximate surface area is 141 Å². The minimum absolute atomic E-state index is 0.194. The van der Waals surface area contributed by atoms with Crippen LogP contribution in [0.3, 0.4) is 0 Å². The molecule has 0 bridgehead atoms. The highest BCUT2D eigenvalue weighted by atomic mass is 79.9. The lowest BCUT2D eigenvalue weighted by Gasteiger charge is -2.24. The van der Waals surface area contributed by atoms with E-state index in [0.717, 1.165) is 37.1 Å². The van der Waals surface area contributed by atoms with Crippen molar-refractivity contribution in [1.29, 1.82) is 0 Å². The van der Waals surface area contributed by atoms with Crippen molar-refractivity contribution in [1.82, 2.24) is 10.2 Å². The third-order valence-electron chi connectivity index (χ3n) is 3.64. The Bertz CT molecular complexity index is 514. The van der Waals surface area contributed by atoms with Crippen molar-refractivity contribution in [2.45, 2.75) is 39.3 Å². The van der Waals surface area contributed by atoms with Crippen LogP contribution >= 0.6 is 15.9 Å². The van der Waals surface area contributed by atoms with Gasteiger partial charge in [-0.05, 0) is 44.7 Å². The topological polar surface area (TPSA) is 41.6 Å². The van der Waals surface area contributed by atoms with Gasteiger partial charge in [-0.25, -0.2) is 4.79 Å². The lowest BCUT2D eigenvalue weighted by atomic mass is 10.1. The van der Waals surface area contributed by atoms with Crippen molar-refractivity contribution in [3.63, 3.8) is 0 Å². The Hall–Kier alpha value is -1.07. The van der Waals surface area contributed by atoms with E-state index in [1.807, 2.05) is 37.8 Å². The fraction of sp³-hybridized carbons (Fsp3) is 0.588. The van der Waals surface area contributed by atoms with Gasteiger partial charge in [-0.1, -0.05) is 34.1 Å². The smallest absolute Gasteiger partial charge is 0.410 e. The van der Waals surface area contributed by atoms with Crippen molar-refractivity contribution in [3.05, 3.63) is 34.3 Å². The molecule has 1 N–H and O–H groups in total. The first-order valence-corrected chi connectivity index (χ1v) is 8.56. The summed E-state index contributed by atoms with van der Waals surface area (Å²) in [6.45, 7) is 9.02. The maximum atomic E-state index is 12.0. The summed E-state index contributed by atoms with van der Waals surface area (Å²) < 4.78 is 6.55. The molecule has 1 saturated heterocycles. The molecule has 0 saturated carbocycles. The predicted octanol–water partition coefficient (Wildman–Crippen LogP) is 3.80. The number of nitrogens with zero attached hydrogens (tertiary/aromatic N) is 1. The van der Waals surface area contributed by atoms with Gasteiger partial charge in [0.1, 0.15) is 5.60 Å². The van der Waals surface area contributed by atoms with Crippen LogP contribution in [0.4, 0.5) is 4.79 Å². The van der Waals surface area contributed by atoms with Crippen LogP contribution in [-0.2, 0) is 11.3 Å². The number of hydrogen-bond acceptors (Lipinski definition) is 3. The van der Waals surface area contributed by atoms with Gasteiger partial charge in [-0.3, -0.25) is 0 Å². The zero-order chi connectivity index (χ0) is 16.2. The van der Waals surface area contributed by atoms with Gasteiger partial charge >= 0.3 is 6.09 Å². The molecule has 1 aliphatic heterocycles. The van der Waals surface area contributed by atoms with Gasteiger partial charge in [0.2, 0.25) is 0 Å². The summed E-state index contributed by atoms with van der Waals surface area (Å²) >= 11 is 3.56. The van der Waals surface area contributed by atoms with Gasteiger partial charge in [-0.15, -0.1) is 0 Å². The molecule has 2 rings (SSSR count). The minimum atomic E-state index is -0.424. The van der Waals surface area contributed by atoms with E-state index in [1.165, 1.54) is 5.56 Å². The van der Waals surface area contributed by atoms with Crippen LogP contribution < -0.4 is 5.32 Å². The minimum Gasteiger partial charge on any atom is -0.444 e. The number of nitrogens with one attached hydrogen (secondary N) is 1. The highest BCUT2D eigenvalue weighted by Crippen LogP contribution is 2.20. The lowest BCUT2D eigenvalue weighted by molar-refractivity contribution is 0.0288. The molecule has 0 radical (unpaired) electrons. The zero-order valence-corrected chi connectivity index (χ0v) is 15.1. The molecule has 5 heteroatoms.